The first kappa shape index (κ1) is 35.0. The van der Waals surface area contributed by atoms with Crippen LogP contribution in [-0.2, 0) is 20.0 Å². The molecule has 2 saturated heterocycles. The summed E-state index contributed by atoms with van der Waals surface area (Å²) in [5.74, 6) is 1.72. The molecule has 0 atom stereocenters. The third kappa shape index (κ3) is 9.42. The van der Waals surface area contributed by atoms with Crippen molar-refractivity contribution in [1.82, 2.24) is 24.7 Å². The lowest BCUT2D eigenvalue weighted by molar-refractivity contribution is 0.133. The lowest BCUT2D eigenvalue weighted by Crippen LogP contribution is -2.50. The highest BCUT2D eigenvalue weighted by Crippen LogP contribution is 2.47. The molecule has 0 saturated carbocycles. The Morgan fingerprint density at radius 2 is 1.55 bits per heavy atom. The van der Waals surface area contributed by atoms with Gasteiger partial charge < -0.3 is 38.7 Å². The van der Waals surface area contributed by atoms with Gasteiger partial charge in [-0.05, 0) is 70.0 Å². The number of hydrogen-bond donors (Lipinski definition) is 1. The van der Waals surface area contributed by atoms with Gasteiger partial charge in [0.15, 0.2) is 0 Å². The van der Waals surface area contributed by atoms with Gasteiger partial charge in [-0.1, -0.05) is 17.7 Å². The van der Waals surface area contributed by atoms with Gasteiger partial charge in [-0.15, -0.1) is 0 Å². The van der Waals surface area contributed by atoms with Crippen LogP contribution in [0.2, 0.25) is 0 Å². The summed E-state index contributed by atoms with van der Waals surface area (Å²) in [4.78, 5) is 31.1. The maximum atomic E-state index is 12.9. The van der Waals surface area contributed by atoms with Crippen molar-refractivity contribution in [3.63, 3.8) is 0 Å². The molecule has 0 bridgehead atoms. The Hall–Kier alpha value is -3.28. The highest BCUT2D eigenvalue weighted by molar-refractivity contribution is 7.53. The summed E-state index contributed by atoms with van der Waals surface area (Å²) < 4.78 is 29.6. The first-order valence-electron chi connectivity index (χ1n) is 16.8. The number of nitrogens with zero attached hydrogens (tertiary/aromatic N) is 6. The van der Waals surface area contributed by atoms with Gasteiger partial charge in [0.25, 0.3) is 0 Å². The quantitative estimate of drug-likeness (QED) is 0.233. The molecular formula is C34H50N7O5P. The summed E-state index contributed by atoms with van der Waals surface area (Å²) in [6.07, 6.45) is 3.96. The van der Waals surface area contributed by atoms with Crippen molar-refractivity contribution in [3.05, 3.63) is 53.9 Å². The van der Waals surface area contributed by atoms with Crippen LogP contribution >= 0.6 is 7.60 Å². The van der Waals surface area contributed by atoms with E-state index >= 15 is 0 Å². The van der Waals surface area contributed by atoms with E-state index in [1.165, 1.54) is 0 Å². The molecule has 0 radical (unpaired) electrons. The molecule has 12 nitrogen and oxygen atoms in total. The summed E-state index contributed by atoms with van der Waals surface area (Å²) in [6, 6.07) is 12.0. The maximum absolute atomic E-state index is 12.9. The van der Waals surface area contributed by atoms with Crippen LogP contribution < -0.4 is 15.0 Å². The Balaban J connectivity index is 1.12. The van der Waals surface area contributed by atoms with E-state index in [1.807, 2.05) is 49.9 Å². The van der Waals surface area contributed by atoms with Crippen LogP contribution in [0.3, 0.4) is 0 Å². The molecule has 1 N–H and O–H groups in total. The van der Waals surface area contributed by atoms with Gasteiger partial charge in [-0.25, -0.2) is 14.8 Å². The highest BCUT2D eigenvalue weighted by atomic mass is 31.2. The zero-order valence-corrected chi connectivity index (χ0v) is 29.2. The number of methoxy groups -OCH3 is 1. The van der Waals surface area contributed by atoms with Gasteiger partial charge in [0.2, 0.25) is 0 Å². The van der Waals surface area contributed by atoms with Crippen molar-refractivity contribution >= 4 is 36.0 Å². The van der Waals surface area contributed by atoms with Crippen molar-refractivity contribution in [2.75, 3.05) is 102 Å². The molecule has 256 valence electrons. The molecule has 0 aliphatic carbocycles. The Morgan fingerprint density at radius 1 is 0.894 bits per heavy atom. The predicted octanol–water partition coefficient (Wildman–Crippen LogP) is 5.12. The molecule has 0 spiro atoms. The number of carbonyl (C=O) groups is 1. The average Bonchev–Trinajstić information content (AvgIpc) is 3.08. The number of ether oxygens (including phenoxy) is 1. The summed E-state index contributed by atoms with van der Waals surface area (Å²) in [7, 11) is -1.29. The Kier molecular flexibility index (Phi) is 12.5. The molecule has 13 heteroatoms. The molecule has 2 aliphatic rings. The maximum Gasteiger partial charge on any atom is 0.331 e. The first-order chi connectivity index (χ1) is 22.8. The van der Waals surface area contributed by atoms with Gasteiger partial charge in [-0.3, -0.25) is 4.57 Å². The number of amides is 2. The Labute approximate surface area is 278 Å². The first-order valence-corrected chi connectivity index (χ1v) is 18.6. The second kappa shape index (κ2) is 16.7. The van der Waals surface area contributed by atoms with E-state index < -0.39 is 7.60 Å². The molecule has 2 aliphatic heterocycles. The van der Waals surface area contributed by atoms with Gasteiger partial charge in [0.05, 0.1) is 32.0 Å². The van der Waals surface area contributed by atoms with Crippen LogP contribution in [0.1, 0.15) is 31.4 Å². The number of anilines is 2. The number of piperazine rings is 2. The molecule has 2 fully saturated rings. The lowest BCUT2D eigenvalue weighted by Gasteiger charge is -2.35. The number of nitrogens with one attached hydrogen (secondary N) is 1. The van der Waals surface area contributed by atoms with E-state index in [2.05, 4.69) is 42.1 Å². The lowest BCUT2D eigenvalue weighted by atomic mass is 10.0. The standard InChI is InChI=1S/C34H50N7O5P/c1-5-45-47(43,46-6-2)23-22-39-16-14-38(15-17-39)13-7-8-28-24-31-30(25-32(28)44-4)33(36-26-35-31)40-18-20-41(21-19-40)34(42)37-29-11-9-27(3)10-12-29/h9-12,24-26H,5-8,13-23H2,1-4H3,(H,37,42). The fraction of sp³-hybridized carbons (Fsp3) is 0.559. The zero-order chi connectivity index (χ0) is 33.2. The molecule has 2 amide bonds. The molecular weight excluding hydrogens is 617 g/mol. The number of hydrogen-bond acceptors (Lipinski definition) is 10. The molecule has 3 aromatic rings. The van der Waals surface area contributed by atoms with Crippen molar-refractivity contribution in [1.29, 1.82) is 0 Å². The average molecular weight is 668 g/mol. The molecule has 1 aromatic heterocycles. The van der Waals surface area contributed by atoms with Gasteiger partial charge >= 0.3 is 13.6 Å². The SMILES string of the molecule is CCOP(=O)(CCN1CCN(CCCc2cc3ncnc(N4CCN(C(=O)Nc5ccc(C)cc5)CC4)c3cc2OC)CC1)OCC. The van der Waals surface area contributed by atoms with E-state index in [1.54, 1.807) is 13.4 Å². The number of benzene rings is 2. The van der Waals surface area contributed by atoms with Crippen molar-refractivity contribution in [3.8, 4) is 5.75 Å². The summed E-state index contributed by atoms with van der Waals surface area (Å²) in [5, 5.41) is 3.96. The number of fused-ring (bicyclic) bond motifs is 1. The minimum absolute atomic E-state index is 0.0826. The molecule has 0 unspecified atom stereocenters. The minimum Gasteiger partial charge on any atom is -0.496 e. The summed E-state index contributed by atoms with van der Waals surface area (Å²) in [6.45, 7) is 14.7. The fourth-order valence-electron chi connectivity index (χ4n) is 6.26. The van der Waals surface area contributed by atoms with E-state index in [0.717, 1.165) is 91.4 Å². The minimum atomic E-state index is -3.00. The Morgan fingerprint density at radius 3 is 2.19 bits per heavy atom. The molecule has 3 heterocycles. The van der Waals surface area contributed by atoms with Crippen LogP contribution in [0.4, 0.5) is 16.3 Å². The number of rotatable bonds is 14. The highest BCUT2D eigenvalue weighted by Gasteiger charge is 2.27. The molecule has 5 rings (SSSR count). The summed E-state index contributed by atoms with van der Waals surface area (Å²) >= 11 is 0. The predicted molar refractivity (Wildman–Crippen MR) is 187 cm³/mol. The zero-order valence-electron chi connectivity index (χ0n) is 28.3. The smallest absolute Gasteiger partial charge is 0.331 e. The monoisotopic (exact) mass is 667 g/mol. The fourth-order valence-corrected chi connectivity index (χ4v) is 7.91. The number of carbonyl (C=O) groups excluding carboxylic acids is 1. The van der Waals surface area contributed by atoms with E-state index in [9.17, 15) is 9.36 Å². The van der Waals surface area contributed by atoms with Crippen LogP contribution in [0, 0.1) is 6.92 Å². The largest absolute Gasteiger partial charge is 0.496 e. The van der Waals surface area contributed by atoms with Crippen LogP contribution in [0.5, 0.6) is 5.75 Å². The van der Waals surface area contributed by atoms with E-state index in [0.29, 0.717) is 45.6 Å². The van der Waals surface area contributed by atoms with Crippen LogP contribution in [0.25, 0.3) is 10.9 Å². The third-order valence-electron chi connectivity index (χ3n) is 8.91. The normalized spacial score (nSPS) is 16.5. The van der Waals surface area contributed by atoms with Crippen molar-refractivity contribution in [2.24, 2.45) is 0 Å². The molecule has 47 heavy (non-hydrogen) atoms. The van der Waals surface area contributed by atoms with Crippen LogP contribution in [-0.4, -0.2) is 123 Å². The number of aromatic nitrogens is 2. The number of urea groups is 1. The van der Waals surface area contributed by atoms with Gasteiger partial charge in [0.1, 0.15) is 17.9 Å². The topological polar surface area (TPSA) is 113 Å². The second-order valence-corrected chi connectivity index (χ2v) is 14.3. The third-order valence-corrected chi connectivity index (χ3v) is 11.0. The van der Waals surface area contributed by atoms with Crippen molar-refractivity contribution < 1.29 is 23.1 Å². The van der Waals surface area contributed by atoms with E-state index in [-0.39, 0.29) is 6.03 Å². The van der Waals surface area contributed by atoms with Crippen molar-refractivity contribution in [2.45, 2.75) is 33.6 Å². The number of aryl methyl sites for hydroxylation is 2. The van der Waals surface area contributed by atoms with Crippen LogP contribution in [0.15, 0.2) is 42.7 Å². The van der Waals surface area contributed by atoms with Gasteiger partial charge in [0, 0.05) is 70.0 Å². The van der Waals surface area contributed by atoms with Gasteiger partial charge in [-0.2, -0.15) is 0 Å². The molecule has 2 aromatic carbocycles. The van der Waals surface area contributed by atoms with E-state index in [4.69, 9.17) is 13.8 Å². The Bertz CT molecular complexity index is 1500. The summed E-state index contributed by atoms with van der Waals surface area (Å²) in [5.41, 5.74) is 4.00. The second-order valence-electron chi connectivity index (χ2n) is 12.1.